The van der Waals surface area contributed by atoms with E-state index >= 15 is 0 Å². The molecule has 0 saturated carbocycles. The fourth-order valence-electron chi connectivity index (χ4n) is 2.45. The summed E-state index contributed by atoms with van der Waals surface area (Å²) in [6.45, 7) is 10.9. The number of rotatable bonds is 5. The Hall–Kier alpha value is -1.13. The molecule has 1 fully saturated rings. The van der Waals surface area contributed by atoms with Gasteiger partial charge >= 0.3 is 0 Å². The molecule has 0 aliphatic carbocycles. The molecule has 0 radical (unpaired) electrons. The lowest BCUT2D eigenvalue weighted by atomic mass is 10.2. The van der Waals surface area contributed by atoms with Crippen molar-refractivity contribution >= 4 is 5.82 Å². The van der Waals surface area contributed by atoms with Crippen molar-refractivity contribution in [3.63, 3.8) is 0 Å². The number of aryl methyl sites for hydroxylation is 1. The number of hydrogen-bond acceptors (Lipinski definition) is 4. The molecule has 1 unspecified atom stereocenters. The highest BCUT2D eigenvalue weighted by molar-refractivity contribution is 5.44. The Morgan fingerprint density at radius 2 is 2.32 bits per heavy atom. The van der Waals surface area contributed by atoms with Crippen molar-refractivity contribution in [1.29, 1.82) is 0 Å². The summed E-state index contributed by atoms with van der Waals surface area (Å²) in [7, 11) is 0. The first-order valence-corrected chi connectivity index (χ1v) is 7.23. The van der Waals surface area contributed by atoms with Gasteiger partial charge in [-0.05, 0) is 44.5 Å². The number of pyridine rings is 1. The van der Waals surface area contributed by atoms with Crippen LogP contribution >= 0.6 is 0 Å². The van der Waals surface area contributed by atoms with Gasteiger partial charge in [-0.1, -0.05) is 6.92 Å². The van der Waals surface area contributed by atoms with Crippen LogP contribution in [0, 0.1) is 6.92 Å². The monoisotopic (exact) mass is 263 g/mol. The fraction of sp³-hybridized carbons (Fsp3) is 0.667. The second-order valence-electron chi connectivity index (χ2n) is 5.27. The Morgan fingerprint density at radius 3 is 3.05 bits per heavy atom. The highest BCUT2D eigenvalue weighted by Crippen LogP contribution is 2.19. The molecule has 1 N–H and O–H groups in total. The van der Waals surface area contributed by atoms with Crippen molar-refractivity contribution in [3.05, 3.63) is 23.4 Å². The van der Waals surface area contributed by atoms with Gasteiger partial charge in [-0.3, -0.25) is 0 Å². The summed E-state index contributed by atoms with van der Waals surface area (Å²) in [5.41, 5.74) is 2.40. The molecule has 1 aliphatic rings. The molecule has 2 rings (SSSR count). The van der Waals surface area contributed by atoms with E-state index in [4.69, 9.17) is 4.74 Å². The van der Waals surface area contributed by atoms with Crippen LogP contribution in [0.25, 0.3) is 0 Å². The first-order chi connectivity index (χ1) is 9.20. The van der Waals surface area contributed by atoms with Crippen LogP contribution in [-0.2, 0) is 11.3 Å². The zero-order valence-electron chi connectivity index (χ0n) is 12.3. The number of aromatic nitrogens is 1. The van der Waals surface area contributed by atoms with Gasteiger partial charge in [0, 0.05) is 18.8 Å². The minimum absolute atomic E-state index is 0.402. The van der Waals surface area contributed by atoms with Gasteiger partial charge in [-0.25, -0.2) is 4.98 Å². The average molecular weight is 263 g/mol. The summed E-state index contributed by atoms with van der Waals surface area (Å²) in [5, 5.41) is 3.45. The number of anilines is 1. The van der Waals surface area contributed by atoms with Crippen LogP contribution in [0.1, 0.15) is 31.5 Å². The quantitative estimate of drug-likeness (QED) is 0.826. The average Bonchev–Trinajstić information content (AvgIpc) is 2.39. The Balaban J connectivity index is 2.11. The summed E-state index contributed by atoms with van der Waals surface area (Å²) in [6.07, 6.45) is 1.16. The molecule has 0 bridgehead atoms. The van der Waals surface area contributed by atoms with Crippen LogP contribution in [0.3, 0.4) is 0 Å². The molecule has 4 heteroatoms. The first kappa shape index (κ1) is 14.3. The van der Waals surface area contributed by atoms with Gasteiger partial charge in [0.25, 0.3) is 0 Å². The lowest BCUT2D eigenvalue weighted by molar-refractivity contribution is 0.0985. The standard InChI is InChI=1S/C15H25N3O/c1-4-5-16-10-14-8-12(2)17-15(9-14)18-6-7-19-11-13(18)3/h8-9,13,16H,4-7,10-11H2,1-3H3. The smallest absolute Gasteiger partial charge is 0.129 e. The van der Waals surface area contributed by atoms with E-state index in [1.807, 2.05) is 0 Å². The Morgan fingerprint density at radius 1 is 1.47 bits per heavy atom. The van der Waals surface area contributed by atoms with E-state index in [0.29, 0.717) is 6.04 Å². The molecule has 1 atom stereocenters. The van der Waals surface area contributed by atoms with Crippen molar-refractivity contribution in [2.75, 3.05) is 31.2 Å². The molecule has 0 spiro atoms. The van der Waals surface area contributed by atoms with E-state index in [1.54, 1.807) is 0 Å². The van der Waals surface area contributed by atoms with Crippen molar-refractivity contribution in [3.8, 4) is 0 Å². The maximum atomic E-state index is 5.49. The van der Waals surface area contributed by atoms with Crippen LogP contribution in [0.15, 0.2) is 12.1 Å². The SMILES string of the molecule is CCCNCc1cc(C)nc(N2CCOCC2C)c1. The number of nitrogens with one attached hydrogen (secondary N) is 1. The Bertz CT molecular complexity index is 408. The second kappa shape index (κ2) is 6.87. The van der Waals surface area contributed by atoms with Crippen LogP contribution in [0.2, 0.25) is 0 Å². The Kier molecular flexibility index (Phi) is 5.16. The predicted molar refractivity (Wildman–Crippen MR) is 78.6 cm³/mol. The molecule has 0 aromatic carbocycles. The van der Waals surface area contributed by atoms with Crippen LogP contribution < -0.4 is 10.2 Å². The lowest BCUT2D eigenvalue weighted by Crippen LogP contribution is -2.44. The molecule has 19 heavy (non-hydrogen) atoms. The van der Waals surface area contributed by atoms with Crippen LogP contribution in [0.5, 0.6) is 0 Å². The van der Waals surface area contributed by atoms with Crippen molar-refractivity contribution in [2.24, 2.45) is 0 Å². The van der Waals surface area contributed by atoms with Crippen LogP contribution in [0.4, 0.5) is 5.82 Å². The summed E-state index contributed by atoms with van der Waals surface area (Å²) >= 11 is 0. The van der Waals surface area contributed by atoms with E-state index in [-0.39, 0.29) is 0 Å². The van der Waals surface area contributed by atoms with E-state index in [2.05, 4.69) is 48.1 Å². The van der Waals surface area contributed by atoms with Gasteiger partial charge in [-0.15, -0.1) is 0 Å². The number of ether oxygens (including phenoxy) is 1. The molecule has 2 heterocycles. The normalized spacial score (nSPS) is 19.7. The van der Waals surface area contributed by atoms with E-state index in [9.17, 15) is 0 Å². The van der Waals surface area contributed by atoms with E-state index in [0.717, 1.165) is 50.8 Å². The maximum absolute atomic E-state index is 5.49. The third kappa shape index (κ3) is 3.91. The van der Waals surface area contributed by atoms with Gasteiger partial charge in [-0.2, -0.15) is 0 Å². The Labute approximate surface area is 116 Å². The maximum Gasteiger partial charge on any atom is 0.129 e. The number of morpholine rings is 1. The summed E-state index contributed by atoms with van der Waals surface area (Å²) in [4.78, 5) is 7.03. The molecule has 1 aliphatic heterocycles. The van der Waals surface area contributed by atoms with Gasteiger partial charge < -0.3 is 15.0 Å². The third-order valence-electron chi connectivity index (χ3n) is 3.42. The fourth-order valence-corrected chi connectivity index (χ4v) is 2.45. The van der Waals surface area contributed by atoms with E-state index < -0.39 is 0 Å². The molecular weight excluding hydrogens is 238 g/mol. The highest BCUT2D eigenvalue weighted by atomic mass is 16.5. The minimum Gasteiger partial charge on any atom is -0.377 e. The van der Waals surface area contributed by atoms with Crippen molar-refractivity contribution in [2.45, 2.75) is 39.8 Å². The minimum atomic E-state index is 0.402. The zero-order chi connectivity index (χ0) is 13.7. The predicted octanol–water partition coefficient (Wildman–Crippen LogP) is 2.11. The largest absolute Gasteiger partial charge is 0.377 e. The van der Waals surface area contributed by atoms with Crippen molar-refractivity contribution < 1.29 is 4.74 Å². The molecular formula is C15H25N3O. The van der Waals surface area contributed by atoms with Gasteiger partial charge in [0.05, 0.1) is 19.3 Å². The first-order valence-electron chi connectivity index (χ1n) is 7.23. The van der Waals surface area contributed by atoms with E-state index in [1.165, 1.54) is 5.56 Å². The lowest BCUT2D eigenvalue weighted by Gasteiger charge is -2.34. The van der Waals surface area contributed by atoms with Crippen LogP contribution in [-0.4, -0.2) is 37.3 Å². The summed E-state index contributed by atoms with van der Waals surface area (Å²) in [6, 6.07) is 4.77. The molecule has 1 aromatic rings. The molecule has 106 valence electrons. The van der Waals surface area contributed by atoms with Gasteiger partial charge in [0.15, 0.2) is 0 Å². The highest BCUT2D eigenvalue weighted by Gasteiger charge is 2.20. The summed E-state index contributed by atoms with van der Waals surface area (Å²) < 4.78 is 5.49. The van der Waals surface area contributed by atoms with Crippen molar-refractivity contribution in [1.82, 2.24) is 10.3 Å². The second-order valence-corrected chi connectivity index (χ2v) is 5.27. The molecule has 1 saturated heterocycles. The zero-order valence-corrected chi connectivity index (χ0v) is 12.3. The molecule has 1 aromatic heterocycles. The number of nitrogens with zero attached hydrogens (tertiary/aromatic N) is 2. The molecule has 0 amide bonds. The van der Waals surface area contributed by atoms with Gasteiger partial charge in [0.1, 0.15) is 5.82 Å². The topological polar surface area (TPSA) is 37.4 Å². The third-order valence-corrected chi connectivity index (χ3v) is 3.42. The molecule has 4 nitrogen and oxygen atoms in total. The summed E-state index contributed by atoms with van der Waals surface area (Å²) in [5.74, 6) is 1.09. The van der Waals surface area contributed by atoms with Gasteiger partial charge in [0.2, 0.25) is 0 Å². The number of hydrogen-bond donors (Lipinski definition) is 1.